The van der Waals surface area contributed by atoms with E-state index in [1.54, 1.807) is 127 Å². The summed E-state index contributed by atoms with van der Waals surface area (Å²) in [5, 5.41) is 53.8. The maximum Gasteiger partial charge on any atom is 0.407 e. The third-order valence-electron chi connectivity index (χ3n) is 14.1. The van der Waals surface area contributed by atoms with Crippen molar-refractivity contribution in [3.8, 4) is 0 Å². The summed E-state index contributed by atoms with van der Waals surface area (Å²) < 4.78 is 60.9. The van der Waals surface area contributed by atoms with Crippen molar-refractivity contribution in [2.75, 3.05) is 32.7 Å². The summed E-state index contributed by atoms with van der Waals surface area (Å²) in [5.41, 5.74) is 2.35. The summed E-state index contributed by atoms with van der Waals surface area (Å²) >= 11 is 0. The Morgan fingerprint density at radius 3 is 1.33 bits per heavy atom. The van der Waals surface area contributed by atoms with Gasteiger partial charge in [0, 0.05) is 45.6 Å². The minimum Gasteiger partial charge on any atom is -0.444 e. The lowest BCUT2D eigenvalue weighted by Gasteiger charge is -2.29. The second-order valence-electron chi connectivity index (χ2n) is 28.7. The second-order valence-corrected chi connectivity index (χ2v) is 28.7. The smallest absolute Gasteiger partial charge is 0.407 e. The minimum absolute atomic E-state index is 0.123. The van der Waals surface area contributed by atoms with Gasteiger partial charge in [-0.25, -0.2) is 19.2 Å². The molecule has 101 heavy (non-hydrogen) atoms. The van der Waals surface area contributed by atoms with Gasteiger partial charge in [-0.1, -0.05) is 44.2 Å². The van der Waals surface area contributed by atoms with Crippen LogP contribution in [0.1, 0.15) is 161 Å². The second kappa shape index (κ2) is 40.6. The topological polar surface area (TPSA) is 482 Å². The van der Waals surface area contributed by atoms with Crippen molar-refractivity contribution in [3.63, 3.8) is 0 Å². The zero-order chi connectivity index (χ0) is 77.0. The lowest BCUT2D eigenvalue weighted by molar-refractivity contribution is -0.143. The van der Waals surface area contributed by atoms with Crippen molar-refractivity contribution in [1.29, 1.82) is 0 Å². The molecule has 0 radical (unpaired) electrons. The summed E-state index contributed by atoms with van der Waals surface area (Å²) in [7, 11) is 0. The first-order chi connectivity index (χ1) is 46.5. The van der Waals surface area contributed by atoms with Crippen molar-refractivity contribution in [2.45, 2.75) is 257 Å². The number of aliphatic hydroxyl groups is 2. The summed E-state index contributed by atoms with van der Waals surface area (Å²) in [6.45, 7) is 21.1. The Morgan fingerprint density at radius 1 is 0.525 bits per heavy atom. The number of hydrogen-bond acceptors (Lipinski definition) is 20. The van der Waals surface area contributed by atoms with Crippen LogP contribution in [-0.4, -0.2) is 216 Å². The van der Waals surface area contributed by atoms with E-state index in [-0.39, 0.29) is 25.3 Å². The predicted octanol–water partition coefficient (Wildman–Crippen LogP) is 0.744. The number of benzene rings is 1. The number of nitrogens with two attached hydrogens (primary N) is 1. The molecule has 13 amide bonds. The highest BCUT2D eigenvalue weighted by molar-refractivity contribution is 5.99. The maximum absolute atomic E-state index is 15.0. The number of amides is 13. The van der Waals surface area contributed by atoms with Gasteiger partial charge in [0.2, 0.25) is 53.2 Å². The van der Waals surface area contributed by atoms with E-state index in [0.717, 1.165) is 6.92 Å². The number of halogens is 3. The summed E-state index contributed by atoms with van der Waals surface area (Å²) in [6.07, 6.45) is -18.1. The average molecular weight is 1450 g/mol. The number of rotatable bonds is 24. The van der Waals surface area contributed by atoms with Gasteiger partial charge in [-0.3, -0.25) is 43.2 Å². The molecule has 0 unspecified atom stereocenters. The first-order valence-corrected chi connectivity index (χ1v) is 33.3. The van der Waals surface area contributed by atoms with Crippen LogP contribution in [0.25, 0.3) is 0 Å². The fourth-order valence-electron chi connectivity index (χ4n) is 9.31. The molecule has 17 N–H and O–H groups in total. The quantitative estimate of drug-likeness (QED) is 0.0635. The predicted molar refractivity (Wildman–Crippen MR) is 359 cm³/mol. The molecule has 0 aliphatic carbocycles. The van der Waals surface area contributed by atoms with E-state index in [1.165, 1.54) is 0 Å². The minimum atomic E-state index is -4.77. The van der Waals surface area contributed by atoms with Crippen molar-refractivity contribution in [2.24, 2.45) is 11.7 Å². The highest BCUT2D eigenvalue weighted by atomic mass is 19.4. The van der Waals surface area contributed by atoms with Crippen LogP contribution >= 0.6 is 0 Å². The van der Waals surface area contributed by atoms with Crippen LogP contribution in [0.2, 0.25) is 0 Å². The Kier molecular flexibility index (Phi) is 35.5. The van der Waals surface area contributed by atoms with E-state index in [2.05, 4.69) is 69.1 Å². The number of alkyl halides is 3. The van der Waals surface area contributed by atoms with Crippen LogP contribution < -0.4 is 74.9 Å². The fraction of sp³-hybridized carbons (Fsp3) is 0.708. The lowest BCUT2D eigenvalue weighted by Crippen LogP contribution is -2.61. The maximum atomic E-state index is 15.0. The van der Waals surface area contributed by atoms with Crippen LogP contribution in [0, 0.1) is 5.92 Å². The molecule has 11 atom stereocenters. The van der Waals surface area contributed by atoms with E-state index in [0.29, 0.717) is 5.56 Å². The van der Waals surface area contributed by atoms with Gasteiger partial charge in [0.15, 0.2) is 0 Å². The van der Waals surface area contributed by atoms with Gasteiger partial charge in [0.1, 0.15) is 76.8 Å². The van der Waals surface area contributed by atoms with E-state index in [1.807, 2.05) is 0 Å². The zero-order valence-electron chi connectivity index (χ0n) is 60.3. The van der Waals surface area contributed by atoms with Crippen molar-refractivity contribution in [3.05, 3.63) is 35.9 Å². The highest BCUT2D eigenvalue weighted by Gasteiger charge is 2.39. The normalized spacial score (nSPS) is 21.1. The molecule has 0 bridgehead atoms. The van der Waals surface area contributed by atoms with Gasteiger partial charge in [-0.2, -0.15) is 13.2 Å². The fourth-order valence-corrected chi connectivity index (χ4v) is 9.31. The molecule has 1 fully saturated rings. The molecule has 0 aromatic heterocycles. The SMILES string of the molecule is CC(C)C[C@@H]1NC(=O)[C@@H](Cc2ccccc2)NC(=O)[C@H](CCNC(=O)OC(C)(C)C)NC(=O)[C@@H](NC(=O)[C@H](CCNC(=O)OC(C)(C)C)NC(=O)[C@@H](N)[C@H](O)CCC(F)(F)F)CCNC(=O)[C@H]([C@@H](C)O)NC(=O)[C@H](CCNC(=O)OC(C)(C)C)NC(=O)[C@H](CCNC(=O)OC(C)(C)C)NC1=O. The molecular weight excluding hydrogens is 1340 g/mol. The molecule has 2 rings (SSSR count). The van der Waals surface area contributed by atoms with Crippen LogP contribution in [0.15, 0.2) is 30.3 Å². The Bertz CT molecular complexity index is 2950. The van der Waals surface area contributed by atoms with Crippen LogP contribution in [0.3, 0.4) is 0 Å². The van der Waals surface area contributed by atoms with Gasteiger partial charge in [0.25, 0.3) is 0 Å². The molecule has 1 heterocycles. The molecule has 0 saturated carbocycles. The summed E-state index contributed by atoms with van der Waals surface area (Å²) in [6, 6.07) is -7.99. The molecule has 1 aromatic rings. The van der Waals surface area contributed by atoms with Crippen molar-refractivity contribution in [1.82, 2.24) is 69.1 Å². The molecule has 33 nitrogen and oxygen atoms in total. The van der Waals surface area contributed by atoms with Crippen molar-refractivity contribution < 1.29 is 105 Å². The van der Waals surface area contributed by atoms with Gasteiger partial charge in [-0.15, -0.1) is 0 Å². The third kappa shape index (κ3) is 37.4. The largest absolute Gasteiger partial charge is 0.444 e. The number of carbonyl (C=O) groups excluding carboxylic acids is 13. The van der Waals surface area contributed by atoms with E-state index in [9.17, 15) is 80.9 Å². The molecule has 1 aromatic carbocycles. The Hall–Kier alpha value is -8.80. The molecule has 1 saturated heterocycles. The first kappa shape index (κ1) is 88.3. The number of aliphatic hydroxyl groups excluding tert-OH is 2. The number of ether oxygens (including phenoxy) is 4. The third-order valence-corrected chi connectivity index (χ3v) is 14.1. The molecule has 1 aliphatic rings. The molecule has 0 spiro atoms. The van der Waals surface area contributed by atoms with Gasteiger partial charge in [0.05, 0.1) is 12.2 Å². The Balaban J connectivity index is 3.05. The van der Waals surface area contributed by atoms with Crippen LogP contribution in [0.4, 0.5) is 32.3 Å². The van der Waals surface area contributed by atoms with E-state index < -0.39 is 244 Å². The molecule has 1 aliphatic heterocycles. The van der Waals surface area contributed by atoms with E-state index in [4.69, 9.17) is 24.7 Å². The van der Waals surface area contributed by atoms with Gasteiger partial charge < -0.3 is 104 Å². The van der Waals surface area contributed by atoms with Gasteiger partial charge in [-0.05, 0) is 146 Å². The highest BCUT2D eigenvalue weighted by Crippen LogP contribution is 2.23. The van der Waals surface area contributed by atoms with Crippen molar-refractivity contribution >= 4 is 77.5 Å². The molecule has 572 valence electrons. The van der Waals surface area contributed by atoms with Gasteiger partial charge >= 0.3 is 30.5 Å². The Morgan fingerprint density at radius 2 is 0.911 bits per heavy atom. The number of hydrogen-bond donors (Lipinski definition) is 16. The van der Waals surface area contributed by atoms with E-state index >= 15 is 4.79 Å². The van der Waals surface area contributed by atoms with Crippen LogP contribution in [0.5, 0.6) is 0 Å². The summed E-state index contributed by atoms with van der Waals surface area (Å²) in [4.78, 5) is 183. The monoisotopic (exact) mass is 1440 g/mol. The molecule has 36 heteroatoms. The number of nitrogens with one attached hydrogen (secondary N) is 13. The number of alkyl carbamates (subject to hydrolysis) is 4. The average Bonchev–Trinajstić information content (AvgIpc) is 1.12. The first-order valence-electron chi connectivity index (χ1n) is 33.3. The molecular formula is C65H107F3N14O19. The summed E-state index contributed by atoms with van der Waals surface area (Å²) in [5.74, 6) is -10.8. The van der Waals surface area contributed by atoms with Crippen LogP contribution in [-0.2, 0) is 68.5 Å². The standard InChI is InChI=1S/C65H107F3N14O19/c1-35(2)33-43-53(90)78-39(23-29-71-57(94)98-61(4,5)6)49(86)77-42(26-32-74-60(97)101-64(13,14)15)52(89)82-47(36(3)83)56(93)70-28-22-38(75-50(87)41(25-31-73-59(96)100-63(10,11)12)79-55(92)46(69)45(84)21-27-65(66,67)68)48(85)76-40(24-30-72-58(95)99-62(7,8)9)51(88)81-44(54(91)80-43)34-37-19-17-16-18-20-37/h16-20,35-36,38-47,83-84H,21-34,69H2,1-15H3,(H,70,93)(H,71,94)(H,72,95)(H,73,96)(H,74,97)(H,75,87)(H,76,85)(H,77,86)(H,78,90)(H,79,92)(H,80,91)(H,81,88)(H,82,89)/t36-,38+,39+,40+,41+,42+,43+,44-,45-,46+,47+/m1/s1. The lowest BCUT2D eigenvalue weighted by atomic mass is 10.00. The number of carbonyl (C=O) groups is 13. The Labute approximate surface area is 586 Å². The zero-order valence-corrected chi connectivity index (χ0v) is 60.3.